The molecule has 0 bridgehead atoms. The number of hydrogen-bond acceptors (Lipinski definition) is 10. The molecule has 4 aromatic carbocycles. The predicted molar refractivity (Wildman–Crippen MR) is 186 cm³/mol. The first-order valence-electron chi connectivity index (χ1n) is 13.3. The highest BCUT2D eigenvalue weighted by Crippen LogP contribution is 2.32. The lowest BCUT2D eigenvalue weighted by Gasteiger charge is -2.09. The predicted octanol–water partition coefficient (Wildman–Crippen LogP) is 6.47. The van der Waals surface area contributed by atoms with E-state index in [-0.39, 0.29) is 23.3 Å². The van der Waals surface area contributed by atoms with Crippen molar-refractivity contribution >= 4 is 124 Å². The molecule has 0 saturated carbocycles. The summed E-state index contributed by atoms with van der Waals surface area (Å²) in [5.41, 5.74) is 11.8. The van der Waals surface area contributed by atoms with E-state index >= 15 is 0 Å². The standard InChI is InChI=1S/C30H20Cl2N6O4S4/c31-19-5-7-23-21(11-19)33-29(45-23)43-13-25(39)35-37-27(41)17-3-1-15-9-18(4-2-16(15)10-17)28(42)38-36-26(40)14-44-30-34-22-12-20(32)6-8-24(22)46-30/h1-12H,13-14H2,(H,35,39)(H,36,40)(H,37,41)(H,38,42). The number of carbonyl (C=O) groups excluding carboxylic acids is 4. The van der Waals surface area contributed by atoms with Crippen molar-refractivity contribution in [3.05, 3.63) is 94.0 Å². The Labute approximate surface area is 287 Å². The summed E-state index contributed by atoms with van der Waals surface area (Å²) in [5.74, 6) is -1.64. The first-order chi connectivity index (χ1) is 22.2. The number of carbonyl (C=O) groups is 4. The van der Waals surface area contributed by atoms with Gasteiger partial charge in [0.05, 0.1) is 31.9 Å². The minimum absolute atomic E-state index is 0.0640. The molecule has 16 heteroatoms. The fourth-order valence-corrected chi connectivity index (χ4v) is 8.16. The van der Waals surface area contributed by atoms with Crippen LogP contribution in [-0.2, 0) is 9.59 Å². The number of thiazole rings is 2. The summed E-state index contributed by atoms with van der Waals surface area (Å²) in [6.07, 6.45) is 0. The van der Waals surface area contributed by atoms with Gasteiger partial charge >= 0.3 is 0 Å². The lowest BCUT2D eigenvalue weighted by atomic mass is 10.0. The van der Waals surface area contributed by atoms with Crippen molar-refractivity contribution in [2.75, 3.05) is 11.5 Å². The van der Waals surface area contributed by atoms with Gasteiger partial charge in [0.15, 0.2) is 8.68 Å². The highest BCUT2D eigenvalue weighted by atomic mass is 35.5. The number of halogens is 2. The van der Waals surface area contributed by atoms with E-state index in [1.54, 1.807) is 60.7 Å². The average Bonchev–Trinajstić information content (AvgIpc) is 3.66. The number of hydrazine groups is 2. The largest absolute Gasteiger partial charge is 0.272 e. The van der Waals surface area contributed by atoms with E-state index < -0.39 is 11.8 Å². The second-order valence-corrected chi connectivity index (χ2v) is 14.9. The number of aromatic nitrogens is 2. The van der Waals surface area contributed by atoms with E-state index in [0.29, 0.717) is 31.9 Å². The van der Waals surface area contributed by atoms with E-state index in [9.17, 15) is 19.2 Å². The average molecular weight is 728 g/mol. The summed E-state index contributed by atoms with van der Waals surface area (Å²) in [6, 6.07) is 20.7. The molecule has 2 aromatic heterocycles. The molecule has 4 amide bonds. The molecule has 0 aliphatic rings. The Morgan fingerprint density at radius 1 is 0.587 bits per heavy atom. The smallest absolute Gasteiger partial charge is 0.269 e. The van der Waals surface area contributed by atoms with Crippen LogP contribution in [-0.4, -0.2) is 45.1 Å². The Morgan fingerprint density at radius 3 is 1.46 bits per heavy atom. The zero-order valence-electron chi connectivity index (χ0n) is 23.3. The topological polar surface area (TPSA) is 142 Å². The van der Waals surface area contributed by atoms with Crippen molar-refractivity contribution in [3.63, 3.8) is 0 Å². The van der Waals surface area contributed by atoms with Crippen LogP contribution in [0.1, 0.15) is 20.7 Å². The Bertz CT molecular complexity index is 2000. The van der Waals surface area contributed by atoms with Crippen molar-refractivity contribution in [1.82, 2.24) is 31.7 Å². The molecular weight excluding hydrogens is 708 g/mol. The number of rotatable bonds is 8. The van der Waals surface area contributed by atoms with Gasteiger partial charge in [-0.15, -0.1) is 22.7 Å². The van der Waals surface area contributed by atoms with Crippen LogP contribution in [0.2, 0.25) is 10.0 Å². The highest BCUT2D eigenvalue weighted by Gasteiger charge is 2.14. The normalized spacial score (nSPS) is 11.1. The van der Waals surface area contributed by atoms with Gasteiger partial charge in [0.1, 0.15) is 0 Å². The number of hydrogen-bond donors (Lipinski definition) is 4. The van der Waals surface area contributed by atoms with Crippen LogP contribution in [0, 0.1) is 0 Å². The van der Waals surface area contributed by atoms with Gasteiger partial charge in [0.2, 0.25) is 11.8 Å². The molecular formula is C30H20Cl2N6O4S4. The van der Waals surface area contributed by atoms with Crippen molar-refractivity contribution in [2.45, 2.75) is 8.68 Å². The van der Waals surface area contributed by atoms with E-state index in [0.717, 1.165) is 29.1 Å². The number of fused-ring (bicyclic) bond motifs is 3. The molecule has 0 atom stereocenters. The number of nitrogens with zero attached hydrogens (tertiary/aromatic N) is 2. The van der Waals surface area contributed by atoms with Gasteiger partial charge in [0.25, 0.3) is 11.8 Å². The van der Waals surface area contributed by atoms with E-state index in [4.69, 9.17) is 23.2 Å². The first kappa shape index (κ1) is 32.0. The molecule has 0 saturated heterocycles. The van der Waals surface area contributed by atoms with Crippen molar-refractivity contribution in [3.8, 4) is 0 Å². The maximum absolute atomic E-state index is 12.7. The Balaban J connectivity index is 0.965. The molecule has 0 spiro atoms. The molecule has 0 unspecified atom stereocenters. The molecule has 10 nitrogen and oxygen atoms in total. The molecule has 232 valence electrons. The van der Waals surface area contributed by atoms with Gasteiger partial charge in [-0.3, -0.25) is 40.9 Å². The van der Waals surface area contributed by atoms with Crippen LogP contribution in [0.3, 0.4) is 0 Å². The van der Waals surface area contributed by atoms with E-state index in [1.807, 2.05) is 12.1 Å². The third kappa shape index (κ3) is 7.89. The highest BCUT2D eigenvalue weighted by molar-refractivity contribution is 8.02. The number of thioether (sulfide) groups is 2. The molecule has 0 aliphatic carbocycles. The second-order valence-electron chi connectivity index (χ2n) is 9.54. The summed E-state index contributed by atoms with van der Waals surface area (Å²) < 4.78 is 3.37. The number of nitrogens with one attached hydrogen (secondary N) is 4. The lowest BCUT2D eigenvalue weighted by molar-refractivity contribution is -0.120. The van der Waals surface area contributed by atoms with Crippen LogP contribution in [0.15, 0.2) is 81.5 Å². The summed E-state index contributed by atoms with van der Waals surface area (Å²) in [5, 5.41) is 2.60. The quantitative estimate of drug-likeness (QED) is 0.103. The molecule has 0 fully saturated rings. The Kier molecular flexibility index (Phi) is 9.92. The number of benzene rings is 4. The second kappa shape index (κ2) is 14.2. The minimum Gasteiger partial charge on any atom is -0.272 e. The Morgan fingerprint density at radius 2 is 1.02 bits per heavy atom. The van der Waals surface area contributed by atoms with E-state index in [1.165, 1.54) is 46.2 Å². The zero-order chi connectivity index (χ0) is 32.2. The van der Waals surface area contributed by atoms with Gasteiger partial charge in [-0.2, -0.15) is 0 Å². The van der Waals surface area contributed by atoms with Gasteiger partial charge in [-0.25, -0.2) is 9.97 Å². The van der Waals surface area contributed by atoms with Crippen LogP contribution >= 0.6 is 69.4 Å². The summed E-state index contributed by atoms with van der Waals surface area (Å²) in [7, 11) is 0. The molecule has 6 rings (SSSR count). The fourth-order valence-electron chi connectivity index (χ4n) is 4.13. The monoisotopic (exact) mass is 726 g/mol. The molecule has 4 N–H and O–H groups in total. The van der Waals surface area contributed by atoms with Gasteiger partial charge in [-0.05, 0) is 71.4 Å². The maximum atomic E-state index is 12.7. The van der Waals surface area contributed by atoms with Crippen LogP contribution in [0.4, 0.5) is 0 Å². The summed E-state index contributed by atoms with van der Waals surface area (Å²) in [6.45, 7) is 0. The summed E-state index contributed by atoms with van der Waals surface area (Å²) in [4.78, 5) is 58.9. The van der Waals surface area contributed by atoms with Gasteiger partial charge < -0.3 is 0 Å². The number of amides is 4. The molecule has 2 heterocycles. The van der Waals surface area contributed by atoms with Gasteiger partial charge in [0, 0.05) is 21.2 Å². The maximum Gasteiger partial charge on any atom is 0.269 e. The van der Waals surface area contributed by atoms with Crippen LogP contribution in [0.25, 0.3) is 31.2 Å². The SMILES string of the molecule is O=C(CSc1nc2cc(Cl)ccc2s1)NNC(=O)c1ccc2cc(C(=O)NNC(=O)CSc3nc4cc(Cl)ccc4s3)ccc2c1. The molecule has 46 heavy (non-hydrogen) atoms. The third-order valence-electron chi connectivity index (χ3n) is 6.31. The molecule has 6 aromatic rings. The minimum atomic E-state index is -0.494. The van der Waals surface area contributed by atoms with Crippen LogP contribution in [0.5, 0.6) is 0 Å². The summed E-state index contributed by atoms with van der Waals surface area (Å²) >= 11 is 17.4. The van der Waals surface area contributed by atoms with Gasteiger partial charge in [-0.1, -0.05) is 58.9 Å². The lowest BCUT2D eigenvalue weighted by Crippen LogP contribution is -2.42. The van der Waals surface area contributed by atoms with Crippen molar-refractivity contribution in [1.29, 1.82) is 0 Å². The van der Waals surface area contributed by atoms with E-state index in [2.05, 4.69) is 31.7 Å². The molecule has 0 radical (unpaired) electrons. The first-order valence-corrected chi connectivity index (χ1v) is 17.7. The Hall–Kier alpha value is -3.92. The third-order valence-corrected chi connectivity index (χ3v) is 11.1. The fraction of sp³-hybridized carbons (Fsp3) is 0.0667. The molecule has 0 aliphatic heterocycles. The zero-order valence-corrected chi connectivity index (χ0v) is 28.0. The van der Waals surface area contributed by atoms with Crippen molar-refractivity contribution in [2.24, 2.45) is 0 Å². The van der Waals surface area contributed by atoms with Crippen molar-refractivity contribution < 1.29 is 19.2 Å². The van der Waals surface area contributed by atoms with Crippen LogP contribution < -0.4 is 21.7 Å².